The van der Waals surface area contributed by atoms with Crippen LogP contribution in [0.2, 0.25) is 0 Å². The van der Waals surface area contributed by atoms with Gasteiger partial charge in [0.1, 0.15) is 5.60 Å². The first-order valence-electron chi connectivity index (χ1n) is 9.33. The largest absolute Gasteiger partial charge is 0.444 e. The van der Waals surface area contributed by atoms with Gasteiger partial charge in [-0.25, -0.2) is 4.79 Å². The molecule has 0 saturated carbocycles. The minimum absolute atomic E-state index is 0.237. The van der Waals surface area contributed by atoms with E-state index in [0.717, 1.165) is 24.3 Å². The zero-order valence-electron chi connectivity index (χ0n) is 17.3. The van der Waals surface area contributed by atoms with Gasteiger partial charge in [-0.2, -0.15) is 0 Å². The highest BCUT2D eigenvalue weighted by molar-refractivity contribution is 5.70. The zero-order valence-corrected chi connectivity index (χ0v) is 17.3. The highest BCUT2D eigenvalue weighted by Gasteiger charge is 2.32. The van der Waals surface area contributed by atoms with Crippen molar-refractivity contribution >= 4 is 17.5 Å². The quantitative estimate of drug-likeness (QED) is 0.780. The van der Waals surface area contributed by atoms with Crippen LogP contribution in [0.15, 0.2) is 24.3 Å². The highest BCUT2D eigenvalue weighted by atomic mass is 16.6. The number of likely N-dealkylation sites (N-methyl/N-ethyl adjacent to an activating group) is 1. The number of nitrogen functional groups attached to an aromatic ring is 1. The number of hydrogen-bond donors (Lipinski definition) is 1. The molecule has 1 aliphatic rings. The van der Waals surface area contributed by atoms with Crippen molar-refractivity contribution < 1.29 is 9.53 Å². The summed E-state index contributed by atoms with van der Waals surface area (Å²) in [4.78, 5) is 16.0. The monoisotopic (exact) mass is 351 g/mol. The summed E-state index contributed by atoms with van der Waals surface area (Å²) in [6, 6.07) is 8.07. The SMILES string of the molecule is CC.CC.CN(c1ccccc1N)C1CCN(C(=O)OC(C)(C)C)C1. The molecule has 1 unspecified atom stereocenters. The van der Waals surface area contributed by atoms with E-state index in [9.17, 15) is 4.79 Å². The number of anilines is 2. The summed E-state index contributed by atoms with van der Waals surface area (Å²) in [6.45, 7) is 15.0. The maximum Gasteiger partial charge on any atom is 0.410 e. The van der Waals surface area contributed by atoms with E-state index in [-0.39, 0.29) is 12.1 Å². The number of likely N-dealkylation sites (tertiary alicyclic amines) is 1. The number of amides is 1. The fraction of sp³-hybridized carbons (Fsp3) is 0.650. The molecule has 1 aliphatic heterocycles. The molecule has 0 aromatic heterocycles. The number of carbonyl (C=O) groups excluding carboxylic acids is 1. The second-order valence-corrected chi connectivity index (χ2v) is 6.54. The van der Waals surface area contributed by atoms with Crippen LogP contribution in [0.25, 0.3) is 0 Å². The van der Waals surface area contributed by atoms with E-state index in [1.807, 2.05) is 79.8 Å². The molecule has 0 bridgehead atoms. The van der Waals surface area contributed by atoms with Crippen molar-refractivity contribution in [1.82, 2.24) is 4.90 Å². The minimum atomic E-state index is -0.453. The Morgan fingerprint density at radius 1 is 1.20 bits per heavy atom. The van der Waals surface area contributed by atoms with Crippen LogP contribution >= 0.6 is 0 Å². The van der Waals surface area contributed by atoms with Gasteiger partial charge in [0.2, 0.25) is 0 Å². The Morgan fingerprint density at radius 3 is 2.28 bits per heavy atom. The second kappa shape index (κ2) is 10.9. The van der Waals surface area contributed by atoms with Gasteiger partial charge in [0.15, 0.2) is 0 Å². The van der Waals surface area contributed by atoms with Crippen LogP contribution < -0.4 is 10.6 Å². The van der Waals surface area contributed by atoms with Crippen LogP contribution in [0.3, 0.4) is 0 Å². The third kappa shape index (κ3) is 7.24. The third-order valence-corrected chi connectivity index (χ3v) is 3.68. The molecule has 5 heteroatoms. The van der Waals surface area contributed by atoms with Crippen LogP contribution in [0.5, 0.6) is 0 Å². The van der Waals surface area contributed by atoms with Crippen LogP contribution in [-0.4, -0.2) is 42.8 Å². The molecule has 5 nitrogen and oxygen atoms in total. The van der Waals surface area contributed by atoms with E-state index in [0.29, 0.717) is 6.54 Å². The van der Waals surface area contributed by atoms with E-state index in [4.69, 9.17) is 10.5 Å². The predicted octanol–water partition coefficient (Wildman–Crippen LogP) is 4.77. The summed E-state index contributed by atoms with van der Waals surface area (Å²) in [5.74, 6) is 0. The molecule has 25 heavy (non-hydrogen) atoms. The average molecular weight is 352 g/mol. The molecule has 2 N–H and O–H groups in total. The Morgan fingerprint density at radius 2 is 1.76 bits per heavy atom. The Balaban J connectivity index is 0.00000134. The van der Waals surface area contributed by atoms with E-state index in [1.165, 1.54) is 0 Å². The molecule has 1 aromatic carbocycles. The third-order valence-electron chi connectivity index (χ3n) is 3.68. The molecular weight excluding hydrogens is 314 g/mol. The number of ether oxygens (including phenoxy) is 1. The first-order chi connectivity index (χ1) is 11.8. The van der Waals surface area contributed by atoms with Gasteiger partial charge in [-0.15, -0.1) is 0 Å². The van der Waals surface area contributed by atoms with Crippen LogP contribution in [-0.2, 0) is 4.74 Å². The lowest BCUT2D eigenvalue weighted by Gasteiger charge is -2.28. The number of nitrogens with two attached hydrogens (primary N) is 1. The number of para-hydroxylation sites is 2. The van der Waals surface area contributed by atoms with E-state index in [2.05, 4.69) is 4.90 Å². The topological polar surface area (TPSA) is 58.8 Å². The van der Waals surface area contributed by atoms with Gasteiger partial charge in [-0.3, -0.25) is 0 Å². The Labute approximate surface area is 154 Å². The molecule has 0 aliphatic carbocycles. The fourth-order valence-corrected chi connectivity index (χ4v) is 2.56. The van der Waals surface area contributed by atoms with Crippen LogP contribution in [0, 0.1) is 0 Å². The molecule has 0 spiro atoms. The zero-order chi connectivity index (χ0) is 19.6. The molecule has 0 radical (unpaired) electrons. The van der Waals surface area contributed by atoms with E-state index >= 15 is 0 Å². The molecule has 2 rings (SSSR count). The summed E-state index contributed by atoms with van der Waals surface area (Å²) in [5, 5.41) is 0. The lowest BCUT2D eigenvalue weighted by Crippen LogP contribution is -2.39. The Bertz CT molecular complexity index is 512. The van der Waals surface area contributed by atoms with Crippen molar-refractivity contribution in [3.63, 3.8) is 0 Å². The smallest absolute Gasteiger partial charge is 0.410 e. The molecule has 1 atom stereocenters. The molecule has 1 saturated heterocycles. The standard InChI is InChI=1S/C16H25N3O2.2C2H6/c1-16(2,3)21-15(20)19-10-9-12(11-19)18(4)14-8-6-5-7-13(14)17;2*1-2/h5-8,12H,9-11,17H2,1-4H3;2*1-2H3. The Kier molecular flexibility index (Phi) is 10.0. The van der Waals surface area contributed by atoms with Crippen LogP contribution in [0.4, 0.5) is 16.2 Å². The molecule has 1 aromatic rings. The van der Waals surface area contributed by atoms with Crippen molar-refractivity contribution in [2.24, 2.45) is 0 Å². The van der Waals surface area contributed by atoms with Crippen molar-refractivity contribution in [3.05, 3.63) is 24.3 Å². The number of benzene rings is 1. The highest BCUT2D eigenvalue weighted by Crippen LogP contribution is 2.27. The van der Waals surface area contributed by atoms with Crippen molar-refractivity contribution in [2.75, 3.05) is 30.8 Å². The maximum atomic E-state index is 12.1. The normalized spacial score (nSPS) is 16.2. The lowest BCUT2D eigenvalue weighted by molar-refractivity contribution is 0.0292. The van der Waals surface area contributed by atoms with Crippen LogP contribution in [0.1, 0.15) is 54.9 Å². The maximum absolute atomic E-state index is 12.1. The van der Waals surface area contributed by atoms with Crippen molar-refractivity contribution in [2.45, 2.75) is 66.5 Å². The van der Waals surface area contributed by atoms with E-state index in [1.54, 1.807) is 4.90 Å². The van der Waals surface area contributed by atoms with Gasteiger partial charge >= 0.3 is 6.09 Å². The Hall–Kier alpha value is -1.91. The number of hydrogen-bond acceptors (Lipinski definition) is 4. The molecule has 144 valence electrons. The van der Waals surface area contributed by atoms with Crippen molar-refractivity contribution in [3.8, 4) is 0 Å². The lowest BCUT2D eigenvalue weighted by atomic mass is 10.2. The number of rotatable bonds is 2. The minimum Gasteiger partial charge on any atom is -0.444 e. The fourth-order valence-electron chi connectivity index (χ4n) is 2.56. The van der Waals surface area contributed by atoms with Gasteiger partial charge in [-0.05, 0) is 39.3 Å². The predicted molar refractivity (Wildman–Crippen MR) is 108 cm³/mol. The van der Waals surface area contributed by atoms with Gasteiger partial charge in [0.25, 0.3) is 0 Å². The molecule has 1 heterocycles. The van der Waals surface area contributed by atoms with Gasteiger partial charge < -0.3 is 20.3 Å². The average Bonchev–Trinajstić information content (AvgIpc) is 3.07. The molecular formula is C20H37N3O2. The first-order valence-corrected chi connectivity index (χ1v) is 9.33. The van der Waals surface area contributed by atoms with E-state index < -0.39 is 5.60 Å². The molecule has 1 fully saturated rings. The number of carbonyl (C=O) groups is 1. The van der Waals surface area contributed by atoms with Gasteiger partial charge in [0, 0.05) is 26.2 Å². The van der Waals surface area contributed by atoms with Gasteiger partial charge in [0.05, 0.1) is 11.4 Å². The summed E-state index contributed by atoms with van der Waals surface area (Å²) in [7, 11) is 2.02. The molecule has 1 amide bonds. The summed E-state index contributed by atoms with van der Waals surface area (Å²) in [6.07, 6.45) is 0.684. The summed E-state index contributed by atoms with van der Waals surface area (Å²) >= 11 is 0. The summed E-state index contributed by atoms with van der Waals surface area (Å²) < 4.78 is 5.42. The van der Waals surface area contributed by atoms with Gasteiger partial charge in [-0.1, -0.05) is 39.8 Å². The van der Waals surface area contributed by atoms with Crippen molar-refractivity contribution in [1.29, 1.82) is 0 Å². The number of nitrogens with zero attached hydrogens (tertiary/aromatic N) is 2. The first kappa shape index (κ1) is 23.1. The summed E-state index contributed by atoms with van der Waals surface area (Å²) in [5.41, 5.74) is 7.33. The second-order valence-electron chi connectivity index (χ2n) is 6.54.